The van der Waals surface area contributed by atoms with Crippen LogP contribution in [0.1, 0.15) is 32.7 Å². The van der Waals surface area contributed by atoms with E-state index in [1.54, 1.807) is 24.3 Å². The molecule has 1 N–H and O–H groups in total. The zero-order valence-corrected chi connectivity index (χ0v) is 18.2. The van der Waals surface area contributed by atoms with Crippen molar-refractivity contribution in [3.63, 3.8) is 0 Å². The SMILES string of the molecule is COC(=O)c1ccc(/C=N/NC(=O)CSc2cc(C)nc3c(C)cc(C)cc23)cc1. The van der Waals surface area contributed by atoms with Crippen LogP contribution in [0.15, 0.2) is 52.5 Å². The van der Waals surface area contributed by atoms with Gasteiger partial charge in [-0.2, -0.15) is 5.10 Å². The molecule has 0 atom stereocenters. The summed E-state index contributed by atoms with van der Waals surface area (Å²) in [5.41, 5.74) is 7.94. The number of nitrogens with one attached hydrogen (secondary N) is 1. The molecule has 3 aromatic rings. The average molecular weight is 422 g/mol. The van der Waals surface area contributed by atoms with Gasteiger partial charge in [0.2, 0.25) is 5.91 Å². The number of aryl methyl sites for hydroxylation is 3. The Hall–Kier alpha value is -3.19. The molecule has 0 saturated carbocycles. The molecule has 0 fully saturated rings. The van der Waals surface area contributed by atoms with Crippen LogP contribution >= 0.6 is 11.8 Å². The molecule has 0 spiro atoms. The number of nitrogens with zero attached hydrogens (tertiary/aromatic N) is 2. The molecule has 1 aromatic heterocycles. The van der Waals surface area contributed by atoms with Gasteiger partial charge in [-0.05, 0) is 56.2 Å². The van der Waals surface area contributed by atoms with Crippen molar-refractivity contribution in [3.8, 4) is 0 Å². The van der Waals surface area contributed by atoms with Gasteiger partial charge < -0.3 is 4.74 Å². The van der Waals surface area contributed by atoms with E-state index in [4.69, 9.17) is 0 Å². The fourth-order valence-electron chi connectivity index (χ4n) is 3.07. The molecular formula is C23H23N3O3S. The Balaban J connectivity index is 1.62. The fraction of sp³-hybridized carbons (Fsp3) is 0.217. The number of hydrazone groups is 1. The first-order valence-electron chi connectivity index (χ1n) is 9.39. The quantitative estimate of drug-likeness (QED) is 0.279. The number of fused-ring (bicyclic) bond motifs is 1. The molecule has 0 bridgehead atoms. The van der Waals surface area contributed by atoms with Crippen LogP contribution in [0, 0.1) is 20.8 Å². The minimum atomic E-state index is -0.395. The molecule has 0 unspecified atom stereocenters. The summed E-state index contributed by atoms with van der Waals surface area (Å²) in [6, 6.07) is 13.0. The predicted molar refractivity (Wildman–Crippen MR) is 120 cm³/mol. The molecule has 3 rings (SSSR count). The largest absolute Gasteiger partial charge is 0.465 e. The second kappa shape index (κ2) is 9.54. The third-order valence-corrected chi connectivity index (χ3v) is 5.49. The number of rotatable bonds is 6. The van der Waals surface area contributed by atoms with E-state index in [0.29, 0.717) is 5.56 Å². The molecule has 2 aromatic carbocycles. The molecule has 0 aliphatic rings. The average Bonchev–Trinajstić information content (AvgIpc) is 2.72. The van der Waals surface area contributed by atoms with E-state index >= 15 is 0 Å². The van der Waals surface area contributed by atoms with E-state index in [-0.39, 0.29) is 11.7 Å². The second-order valence-electron chi connectivity index (χ2n) is 6.94. The van der Waals surface area contributed by atoms with Gasteiger partial charge in [0.1, 0.15) is 0 Å². The lowest BCUT2D eigenvalue weighted by Crippen LogP contribution is -2.19. The van der Waals surface area contributed by atoms with Crippen molar-refractivity contribution in [3.05, 3.63) is 70.4 Å². The van der Waals surface area contributed by atoms with Crippen molar-refractivity contribution < 1.29 is 14.3 Å². The van der Waals surface area contributed by atoms with E-state index in [1.807, 2.05) is 13.0 Å². The Labute approximate surface area is 179 Å². The third-order valence-electron chi connectivity index (χ3n) is 4.43. The first-order valence-corrected chi connectivity index (χ1v) is 10.4. The van der Waals surface area contributed by atoms with Gasteiger partial charge in [0.15, 0.2) is 0 Å². The zero-order chi connectivity index (χ0) is 21.7. The lowest BCUT2D eigenvalue weighted by atomic mass is 10.1. The minimum Gasteiger partial charge on any atom is -0.465 e. The zero-order valence-electron chi connectivity index (χ0n) is 17.4. The van der Waals surface area contributed by atoms with Gasteiger partial charge in [0.25, 0.3) is 0 Å². The van der Waals surface area contributed by atoms with E-state index in [0.717, 1.165) is 32.6 Å². The van der Waals surface area contributed by atoms with Crippen molar-refractivity contribution in [1.82, 2.24) is 10.4 Å². The number of esters is 1. The standard InChI is InChI=1S/C23H23N3O3S/c1-14-9-15(2)22-19(10-14)20(11-16(3)25-22)30-13-21(27)26-24-12-17-5-7-18(8-6-17)23(28)29-4/h5-12H,13H2,1-4H3,(H,26,27)/b24-12+. The predicted octanol–water partition coefficient (Wildman–Crippen LogP) is 4.19. The smallest absolute Gasteiger partial charge is 0.337 e. The molecule has 30 heavy (non-hydrogen) atoms. The van der Waals surface area contributed by atoms with Gasteiger partial charge in [-0.3, -0.25) is 9.78 Å². The van der Waals surface area contributed by atoms with Crippen LogP contribution in [0.4, 0.5) is 0 Å². The molecule has 7 heteroatoms. The van der Waals surface area contributed by atoms with Gasteiger partial charge in [-0.25, -0.2) is 10.2 Å². The summed E-state index contributed by atoms with van der Waals surface area (Å²) in [6.45, 7) is 6.06. The molecule has 1 amide bonds. The highest BCUT2D eigenvalue weighted by Crippen LogP contribution is 2.30. The molecule has 0 radical (unpaired) electrons. The van der Waals surface area contributed by atoms with Crippen molar-refractivity contribution in [2.75, 3.05) is 12.9 Å². The first-order chi connectivity index (χ1) is 14.4. The van der Waals surface area contributed by atoms with Gasteiger partial charge in [0.05, 0.1) is 30.2 Å². The molecular weight excluding hydrogens is 398 g/mol. The summed E-state index contributed by atoms with van der Waals surface area (Å²) in [7, 11) is 1.34. The summed E-state index contributed by atoms with van der Waals surface area (Å²) < 4.78 is 4.66. The molecule has 1 heterocycles. The second-order valence-corrected chi connectivity index (χ2v) is 7.95. The van der Waals surface area contributed by atoms with E-state index < -0.39 is 5.97 Å². The lowest BCUT2D eigenvalue weighted by molar-refractivity contribution is -0.118. The van der Waals surface area contributed by atoms with Crippen LogP contribution in [0.3, 0.4) is 0 Å². The summed E-state index contributed by atoms with van der Waals surface area (Å²) in [4.78, 5) is 29.3. The third kappa shape index (κ3) is 5.24. The highest BCUT2D eigenvalue weighted by atomic mass is 32.2. The maximum atomic E-state index is 12.2. The number of benzene rings is 2. The molecule has 154 valence electrons. The monoisotopic (exact) mass is 421 g/mol. The first kappa shape index (κ1) is 21.5. The molecule has 0 saturated heterocycles. The lowest BCUT2D eigenvalue weighted by Gasteiger charge is -2.10. The summed E-state index contributed by atoms with van der Waals surface area (Å²) >= 11 is 1.47. The number of carbonyl (C=O) groups excluding carboxylic acids is 2. The number of hydrogen-bond donors (Lipinski definition) is 1. The number of amides is 1. The Morgan fingerprint density at radius 2 is 1.87 bits per heavy atom. The number of ether oxygens (including phenoxy) is 1. The normalized spacial score (nSPS) is 11.1. The Kier molecular flexibility index (Phi) is 6.84. The van der Waals surface area contributed by atoms with Crippen LogP contribution in [-0.2, 0) is 9.53 Å². The van der Waals surface area contributed by atoms with Crippen molar-refractivity contribution in [1.29, 1.82) is 0 Å². The van der Waals surface area contributed by atoms with Gasteiger partial charge >= 0.3 is 5.97 Å². The number of methoxy groups -OCH3 is 1. The molecule has 0 aliphatic carbocycles. The van der Waals surface area contributed by atoms with E-state index in [9.17, 15) is 9.59 Å². The van der Waals surface area contributed by atoms with Crippen molar-refractivity contribution >= 4 is 40.8 Å². The van der Waals surface area contributed by atoms with Gasteiger partial charge in [0, 0.05) is 16.0 Å². The maximum absolute atomic E-state index is 12.2. The van der Waals surface area contributed by atoms with Gasteiger partial charge in [-0.15, -0.1) is 11.8 Å². The van der Waals surface area contributed by atoms with E-state index in [1.165, 1.54) is 30.6 Å². The Morgan fingerprint density at radius 1 is 1.13 bits per heavy atom. The minimum absolute atomic E-state index is 0.200. The van der Waals surface area contributed by atoms with Crippen LogP contribution in [0.5, 0.6) is 0 Å². The van der Waals surface area contributed by atoms with Crippen LogP contribution in [0.25, 0.3) is 10.9 Å². The number of thioether (sulfide) groups is 1. The number of carbonyl (C=O) groups is 2. The summed E-state index contributed by atoms with van der Waals surface area (Å²) in [6.07, 6.45) is 1.53. The highest BCUT2D eigenvalue weighted by Gasteiger charge is 2.10. The number of hydrogen-bond acceptors (Lipinski definition) is 6. The van der Waals surface area contributed by atoms with Crippen LogP contribution in [0.2, 0.25) is 0 Å². The number of pyridine rings is 1. The maximum Gasteiger partial charge on any atom is 0.337 e. The van der Waals surface area contributed by atoms with Crippen molar-refractivity contribution in [2.45, 2.75) is 25.7 Å². The van der Waals surface area contributed by atoms with Crippen LogP contribution in [-0.4, -0.2) is 35.9 Å². The Morgan fingerprint density at radius 3 is 2.57 bits per heavy atom. The highest BCUT2D eigenvalue weighted by molar-refractivity contribution is 8.00. The van der Waals surface area contributed by atoms with Crippen LogP contribution < -0.4 is 5.43 Å². The molecule has 0 aliphatic heterocycles. The topological polar surface area (TPSA) is 80.6 Å². The number of aromatic nitrogens is 1. The molecule has 6 nitrogen and oxygen atoms in total. The van der Waals surface area contributed by atoms with Gasteiger partial charge in [-0.1, -0.05) is 23.8 Å². The fourth-order valence-corrected chi connectivity index (χ4v) is 3.99. The summed E-state index contributed by atoms with van der Waals surface area (Å²) in [5, 5.41) is 5.05. The Bertz CT molecular complexity index is 1120. The van der Waals surface area contributed by atoms with E-state index in [2.05, 4.69) is 46.2 Å². The summed E-state index contributed by atoms with van der Waals surface area (Å²) in [5.74, 6) is -0.355. The van der Waals surface area contributed by atoms with Crippen molar-refractivity contribution in [2.24, 2.45) is 5.10 Å².